The molecule has 1 unspecified atom stereocenters. The molecule has 0 spiro atoms. The van der Waals surface area contributed by atoms with Crippen molar-refractivity contribution < 1.29 is 9.90 Å². The number of piperazine rings is 1. The van der Waals surface area contributed by atoms with Gasteiger partial charge in [-0.1, -0.05) is 6.92 Å². The number of aromatic nitrogens is 2. The van der Waals surface area contributed by atoms with Gasteiger partial charge in [0, 0.05) is 38.3 Å². The summed E-state index contributed by atoms with van der Waals surface area (Å²) in [7, 11) is 4.23. The second-order valence-electron chi connectivity index (χ2n) is 5.41. The number of carbonyl (C=O) groups is 1. The fourth-order valence-corrected chi connectivity index (χ4v) is 2.54. The fraction of sp³-hybridized carbons (Fsp3) is 0.643. The first-order valence-electron chi connectivity index (χ1n) is 6.98. The number of hydrogen-bond acceptors (Lipinski definition) is 5. The average Bonchev–Trinajstić information content (AvgIpc) is 2.42. The predicted molar refractivity (Wildman–Crippen MR) is 76.0 cm³/mol. The molecule has 110 valence electrons. The number of hydrogen-bond donors (Lipinski definition) is 1. The van der Waals surface area contributed by atoms with E-state index in [0.717, 1.165) is 31.9 Å². The third kappa shape index (κ3) is 3.32. The first kappa shape index (κ1) is 14.9. The van der Waals surface area contributed by atoms with Crippen molar-refractivity contribution in [2.75, 3.05) is 33.7 Å². The molecule has 6 heteroatoms. The number of aromatic carboxylic acids is 1. The SMILES string of the molecule is CCc1nc(CC2CN(C)CCN2C)ncc1C(=O)O. The van der Waals surface area contributed by atoms with Crippen LogP contribution in [0.25, 0.3) is 0 Å². The molecule has 1 aromatic rings. The van der Waals surface area contributed by atoms with Crippen LogP contribution >= 0.6 is 0 Å². The standard InChI is InChI=1S/C14H22N4O2/c1-4-12-11(14(19)20)8-15-13(16-12)7-10-9-17(2)5-6-18(10)3/h8,10H,4-7,9H2,1-3H3,(H,19,20). The number of rotatable bonds is 4. The molecular formula is C14H22N4O2. The topological polar surface area (TPSA) is 69.6 Å². The highest BCUT2D eigenvalue weighted by atomic mass is 16.4. The Morgan fingerprint density at radius 2 is 2.20 bits per heavy atom. The van der Waals surface area contributed by atoms with E-state index >= 15 is 0 Å². The Morgan fingerprint density at radius 3 is 2.85 bits per heavy atom. The summed E-state index contributed by atoms with van der Waals surface area (Å²) in [6.07, 6.45) is 2.81. The van der Waals surface area contributed by atoms with Gasteiger partial charge in [0.15, 0.2) is 0 Å². The van der Waals surface area contributed by atoms with Crippen molar-refractivity contribution in [3.63, 3.8) is 0 Å². The van der Waals surface area contributed by atoms with E-state index in [2.05, 4.69) is 33.9 Å². The summed E-state index contributed by atoms with van der Waals surface area (Å²) in [6, 6.07) is 0.383. The van der Waals surface area contributed by atoms with Crippen molar-refractivity contribution in [1.82, 2.24) is 19.8 Å². The van der Waals surface area contributed by atoms with E-state index in [1.165, 1.54) is 6.20 Å². The summed E-state index contributed by atoms with van der Waals surface area (Å²) in [6.45, 7) is 5.02. The lowest BCUT2D eigenvalue weighted by atomic mass is 10.1. The van der Waals surface area contributed by atoms with Crippen LogP contribution in [0, 0.1) is 0 Å². The Hall–Kier alpha value is -1.53. The van der Waals surface area contributed by atoms with Gasteiger partial charge in [-0.05, 0) is 20.5 Å². The molecule has 2 rings (SSSR count). The monoisotopic (exact) mass is 278 g/mol. The Bertz CT molecular complexity index is 492. The zero-order chi connectivity index (χ0) is 14.7. The summed E-state index contributed by atoms with van der Waals surface area (Å²) in [4.78, 5) is 24.4. The zero-order valence-corrected chi connectivity index (χ0v) is 12.3. The van der Waals surface area contributed by atoms with Gasteiger partial charge in [-0.2, -0.15) is 0 Å². The van der Waals surface area contributed by atoms with Gasteiger partial charge in [-0.15, -0.1) is 0 Å². The minimum atomic E-state index is -0.956. The van der Waals surface area contributed by atoms with E-state index in [1.54, 1.807) is 0 Å². The maximum atomic E-state index is 11.1. The largest absolute Gasteiger partial charge is 0.478 e. The average molecular weight is 278 g/mol. The molecule has 1 saturated heterocycles. The first-order chi connectivity index (χ1) is 9.51. The number of aryl methyl sites for hydroxylation is 1. The van der Waals surface area contributed by atoms with E-state index in [-0.39, 0.29) is 5.56 Å². The molecule has 0 aromatic carbocycles. The van der Waals surface area contributed by atoms with Gasteiger partial charge >= 0.3 is 5.97 Å². The lowest BCUT2D eigenvalue weighted by molar-refractivity contribution is 0.0694. The quantitative estimate of drug-likeness (QED) is 0.866. The van der Waals surface area contributed by atoms with Crippen LogP contribution in [-0.4, -0.2) is 70.6 Å². The fourth-order valence-electron chi connectivity index (χ4n) is 2.54. The molecule has 1 N–H and O–H groups in total. The van der Waals surface area contributed by atoms with E-state index in [4.69, 9.17) is 5.11 Å². The zero-order valence-electron chi connectivity index (χ0n) is 12.3. The van der Waals surface area contributed by atoms with Crippen LogP contribution in [0.2, 0.25) is 0 Å². The highest BCUT2D eigenvalue weighted by molar-refractivity contribution is 5.88. The highest BCUT2D eigenvalue weighted by Gasteiger charge is 2.23. The van der Waals surface area contributed by atoms with Gasteiger partial charge in [0.05, 0.1) is 11.3 Å². The second-order valence-corrected chi connectivity index (χ2v) is 5.41. The summed E-state index contributed by atoms with van der Waals surface area (Å²) in [5.41, 5.74) is 0.833. The Balaban J connectivity index is 2.15. The molecule has 1 fully saturated rings. The molecule has 1 atom stereocenters. The molecular weight excluding hydrogens is 256 g/mol. The lowest BCUT2D eigenvalue weighted by Gasteiger charge is -2.37. The molecule has 0 aliphatic carbocycles. The van der Waals surface area contributed by atoms with Gasteiger partial charge in [0.2, 0.25) is 0 Å². The van der Waals surface area contributed by atoms with Crippen molar-refractivity contribution in [1.29, 1.82) is 0 Å². The summed E-state index contributed by atoms with van der Waals surface area (Å²) in [5, 5.41) is 9.09. The van der Waals surface area contributed by atoms with Crippen LogP contribution in [0.3, 0.4) is 0 Å². The molecule has 1 aliphatic heterocycles. The molecule has 1 aliphatic rings. The minimum absolute atomic E-state index is 0.213. The second kappa shape index (κ2) is 6.28. The number of nitrogens with zero attached hydrogens (tertiary/aromatic N) is 4. The third-order valence-corrected chi connectivity index (χ3v) is 3.88. The van der Waals surface area contributed by atoms with Gasteiger partial charge in [0.25, 0.3) is 0 Å². The van der Waals surface area contributed by atoms with Crippen molar-refractivity contribution in [3.8, 4) is 0 Å². The van der Waals surface area contributed by atoms with E-state index in [0.29, 0.717) is 18.2 Å². The van der Waals surface area contributed by atoms with Crippen molar-refractivity contribution in [2.24, 2.45) is 0 Å². The van der Waals surface area contributed by atoms with Crippen LogP contribution in [0.15, 0.2) is 6.20 Å². The van der Waals surface area contributed by atoms with E-state index < -0.39 is 5.97 Å². The maximum Gasteiger partial charge on any atom is 0.339 e. The van der Waals surface area contributed by atoms with Gasteiger partial charge in [0.1, 0.15) is 5.82 Å². The molecule has 2 heterocycles. The summed E-state index contributed by atoms with van der Waals surface area (Å²) < 4.78 is 0. The highest BCUT2D eigenvalue weighted by Crippen LogP contribution is 2.12. The molecule has 0 amide bonds. The van der Waals surface area contributed by atoms with Gasteiger partial charge in [-0.25, -0.2) is 14.8 Å². The van der Waals surface area contributed by atoms with Crippen molar-refractivity contribution in [3.05, 3.63) is 23.3 Å². The molecule has 0 saturated carbocycles. The van der Waals surface area contributed by atoms with Crippen LogP contribution in [-0.2, 0) is 12.8 Å². The third-order valence-electron chi connectivity index (χ3n) is 3.88. The van der Waals surface area contributed by atoms with E-state index in [9.17, 15) is 4.79 Å². The smallest absolute Gasteiger partial charge is 0.339 e. The van der Waals surface area contributed by atoms with E-state index in [1.807, 2.05) is 6.92 Å². The van der Waals surface area contributed by atoms with Crippen LogP contribution < -0.4 is 0 Å². The lowest BCUT2D eigenvalue weighted by Crippen LogP contribution is -2.51. The molecule has 6 nitrogen and oxygen atoms in total. The van der Waals surface area contributed by atoms with Crippen molar-refractivity contribution in [2.45, 2.75) is 25.8 Å². The minimum Gasteiger partial charge on any atom is -0.478 e. The molecule has 0 radical (unpaired) electrons. The Morgan fingerprint density at radius 1 is 1.45 bits per heavy atom. The molecule has 20 heavy (non-hydrogen) atoms. The molecule has 1 aromatic heterocycles. The molecule has 0 bridgehead atoms. The number of carboxylic acids is 1. The number of likely N-dealkylation sites (N-methyl/N-ethyl adjacent to an activating group) is 2. The Labute approximate surface area is 119 Å². The van der Waals surface area contributed by atoms with Crippen LogP contribution in [0.1, 0.15) is 28.8 Å². The van der Waals surface area contributed by atoms with Gasteiger partial charge < -0.3 is 14.9 Å². The van der Waals surface area contributed by atoms with Gasteiger partial charge in [-0.3, -0.25) is 0 Å². The first-order valence-corrected chi connectivity index (χ1v) is 6.98. The van der Waals surface area contributed by atoms with Crippen molar-refractivity contribution >= 4 is 5.97 Å². The predicted octanol–water partition coefficient (Wildman–Crippen LogP) is 0.526. The maximum absolute atomic E-state index is 11.1. The summed E-state index contributed by atoms with van der Waals surface area (Å²) in [5.74, 6) is -0.220. The normalized spacial score (nSPS) is 21.1. The number of carboxylic acid groups (broad SMARTS) is 1. The van der Waals surface area contributed by atoms with Crippen LogP contribution in [0.4, 0.5) is 0 Å². The summed E-state index contributed by atoms with van der Waals surface area (Å²) >= 11 is 0. The van der Waals surface area contributed by atoms with Crippen LogP contribution in [0.5, 0.6) is 0 Å². The Kier molecular flexibility index (Phi) is 4.67.